The molecule has 0 N–H and O–H groups in total. The first kappa shape index (κ1) is 11.6. The molecule has 1 aliphatic heterocycles. The highest BCUT2D eigenvalue weighted by Crippen LogP contribution is 2.27. The molecule has 0 amide bonds. The summed E-state index contributed by atoms with van der Waals surface area (Å²) < 4.78 is 0. The molecule has 0 aromatic carbocycles. The predicted molar refractivity (Wildman–Crippen MR) is 67.1 cm³/mol. The Bertz CT molecular complexity index is 392. The van der Waals surface area contributed by atoms with Crippen molar-refractivity contribution >= 4 is 17.4 Å². The predicted octanol–water partition coefficient (Wildman–Crippen LogP) is 2.98. The standard InChI is InChI=1S/C12H18ClN3/c1-8-5-4-6-16(7-8)12-10(3)9(2)11(13)14-15-12/h8H,4-7H2,1-3H3. The minimum atomic E-state index is 0.520. The van der Waals surface area contributed by atoms with Gasteiger partial charge >= 0.3 is 0 Å². The highest BCUT2D eigenvalue weighted by atomic mass is 35.5. The number of piperidine rings is 1. The van der Waals surface area contributed by atoms with Gasteiger partial charge in [-0.15, -0.1) is 10.2 Å². The molecule has 16 heavy (non-hydrogen) atoms. The van der Waals surface area contributed by atoms with E-state index in [4.69, 9.17) is 11.6 Å². The van der Waals surface area contributed by atoms with E-state index < -0.39 is 0 Å². The number of halogens is 1. The van der Waals surface area contributed by atoms with Gasteiger partial charge in [0.25, 0.3) is 0 Å². The van der Waals surface area contributed by atoms with Gasteiger partial charge in [-0.05, 0) is 43.7 Å². The Hall–Kier alpha value is -0.830. The maximum atomic E-state index is 5.96. The van der Waals surface area contributed by atoms with Crippen LogP contribution in [0.1, 0.15) is 30.9 Å². The average molecular weight is 240 g/mol. The molecule has 1 atom stereocenters. The molecule has 1 unspecified atom stereocenters. The fraction of sp³-hybridized carbons (Fsp3) is 0.667. The summed E-state index contributed by atoms with van der Waals surface area (Å²) in [5.41, 5.74) is 2.21. The van der Waals surface area contributed by atoms with E-state index in [9.17, 15) is 0 Å². The minimum Gasteiger partial charge on any atom is -0.355 e. The van der Waals surface area contributed by atoms with Gasteiger partial charge in [0.1, 0.15) is 0 Å². The Balaban J connectivity index is 2.29. The fourth-order valence-corrected chi connectivity index (χ4v) is 2.43. The second kappa shape index (κ2) is 4.58. The van der Waals surface area contributed by atoms with Crippen molar-refractivity contribution in [2.45, 2.75) is 33.6 Å². The van der Waals surface area contributed by atoms with Gasteiger partial charge in [0, 0.05) is 13.1 Å². The summed E-state index contributed by atoms with van der Waals surface area (Å²) in [6, 6.07) is 0. The second-order valence-corrected chi connectivity index (χ2v) is 5.12. The number of hydrogen-bond acceptors (Lipinski definition) is 3. The topological polar surface area (TPSA) is 29.0 Å². The third-order valence-corrected chi connectivity index (χ3v) is 3.76. The number of hydrogen-bond donors (Lipinski definition) is 0. The first-order valence-electron chi connectivity index (χ1n) is 5.84. The van der Waals surface area contributed by atoms with Gasteiger partial charge in [-0.2, -0.15) is 0 Å². The lowest BCUT2D eigenvalue weighted by Crippen LogP contribution is -2.35. The molecular weight excluding hydrogens is 222 g/mol. The molecule has 1 fully saturated rings. The van der Waals surface area contributed by atoms with Gasteiger partial charge in [-0.1, -0.05) is 18.5 Å². The Morgan fingerprint density at radius 2 is 2.00 bits per heavy atom. The van der Waals surface area contributed by atoms with Crippen LogP contribution in [-0.4, -0.2) is 23.3 Å². The summed E-state index contributed by atoms with van der Waals surface area (Å²) in [7, 11) is 0. The molecule has 2 rings (SSSR count). The molecule has 1 aromatic heterocycles. The van der Waals surface area contributed by atoms with E-state index >= 15 is 0 Å². The zero-order valence-electron chi connectivity index (χ0n) is 10.1. The van der Waals surface area contributed by atoms with Crippen molar-refractivity contribution in [3.63, 3.8) is 0 Å². The van der Waals surface area contributed by atoms with Crippen LogP contribution in [0.15, 0.2) is 0 Å². The number of nitrogens with zero attached hydrogens (tertiary/aromatic N) is 3. The lowest BCUT2D eigenvalue weighted by Gasteiger charge is -2.32. The SMILES string of the molecule is Cc1c(Cl)nnc(N2CCCC(C)C2)c1C. The molecule has 0 bridgehead atoms. The second-order valence-electron chi connectivity index (χ2n) is 4.76. The van der Waals surface area contributed by atoms with E-state index in [1.165, 1.54) is 12.8 Å². The zero-order chi connectivity index (χ0) is 11.7. The summed E-state index contributed by atoms with van der Waals surface area (Å²) in [5.74, 6) is 1.75. The molecule has 0 saturated carbocycles. The molecule has 2 heterocycles. The lowest BCUT2D eigenvalue weighted by molar-refractivity contribution is 0.443. The van der Waals surface area contributed by atoms with Crippen LogP contribution in [0.5, 0.6) is 0 Å². The number of anilines is 1. The van der Waals surface area contributed by atoms with Gasteiger partial charge in [-0.25, -0.2) is 0 Å². The average Bonchev–Trinajstić information content (AvgIpc) is 2.26. The third-order valence-electron chi connectivity index (χ3n) is 3.40. The van der Waals surface area contributed by atoms with E-state index in [1.807, 2.05) is 6.92 Å². The lowest BCUT2D eigenvalue weighted by atomic mass is 10.00. The highest BCUT2D eigenvalue weighted by molar-refractivity contribution is 6.30. The van der Waals surface area contributed by atoms with E-state index in [-0.39, 0.29) is 0 Å². The first-order valence-corrected chi connectivity index (χ1v) is 6.21. The van der Waals surface area contributed by atoms with Gasteiger partial charge in [0.05, 0.1) is 0 Å². The van der Waals surface area contributed by atoms with Crippen LogP contribution in [-0.2, 0) is 0 Å². The molecular formula is C12H18ClN3. The van der Waals surface area contributed by atoms with Crippen molar-refractivity contribution in [1.29, 1.82) is 0 Å². The summed E-state index contributed by atoms with van der Waals surface area (Å²) in [6.07, 6.45) is 2.56. The summed E-state index contributed by atoms with van der Waals surface area (Å²) in [4.78, 5) is 2.33. The molecule has 1 aliphatic rings. The van der Waals surface area contributed by atoms with Crippen molar-refractivity contribution < 1.29 is 0 Å². The van der Waals surface area contributed by atoms with Gasteiger partial charge in [0.2, 0.25) is 0 Å². The number of rotatable bonds is 1. The maximum Gasteiger partial charge on any atom is 0.155 e. The van der Waals surface area contributed by atoms with Crippen molar-refractivity contribution in [2.75, 3.05) is 18.0 Å². The summed E-state index contributed by atoms with van der Waals surface area (Å²) in [5, 5.41) is 8.77. The van der Waals surface area contributed by atoms with Crippen molar-refractivity contribution in [3.05, 3.63) is 16.3 Å². The molecule has 0 radical (unpaired) electrons. The highest BCUT2D eigenvalue weighted by Gasteiger charge is 2.20. The van der Waals surface area contributed by atoms with Crippen LogP contribution in [0.25, 0.3) is 0 Å². The quantitative estimate of drug-likeness (QED) is 0.755. The molecule has 1 aromatic rings. The summed E-state index contributed by atoms with van der Waals surface area (Å²) in [6.45, 7) is 8.53. The smallest absolute Gasteiger partial charge is 0.155 e. The molecule has 88 valence electrons. The van der Waals surface area contributed by atoms with Gasteiger partial charge < -0.3 is 4.90 Å². The van der Waals surface area contributed by atoms with E-state index in [0.29, 0.717) is 5.15 Å². The Morgan fingerprint density at radius 1 is 1.25 bits per heavy atom. The zero-order valence-corrected chi connectivity index (χ0v) is 10.9. The molecule has 1 saturated heterocycles. The largest absolute Gasteiger partial charge is 0.355 e. The van der Waals surface area contributed by atoms with Crippen molar-refractivity contribution in [1.82, 2.24) is 10.2 Å². The Labute approximate surface area is 102 Å². The van der Waals surface area contributed by atoms with E-state index in [2.05, 4.69) is 28.9 Å². The minimum absolute atomic E-state index is 0.520. The Kier molecular flexibility index (Phi) is 3.33. The van der Waals surface area contributed by atoms with Gasteiger partial charge in [-0.3, -0.25) is 0 Å². The fourth-order valence-electron chi connectivity index (χ4n) is 2.25. The van der Waals surface area contributed by atoms with E-state index in [0.717, 1.165) is 36.0 Å². The van der Waals surface area contributed by atoms with Crippen LogP contribution in [0.4, 0.5) is 5.82 Å². The monoisotopic (exact) mass is 239 g/mol. The molecule has 0 spiro atoms. The van der Waals surface area contributed by atoms with Crippen LogP contribution >= 0.6 is 11.6 Å². The Morgan fingerprint density at radius 3 is 2.69 bits per heavy atom. The van der Waals surface area contributed by atoms with E-state index in [1.54, 1.807) is 0 Å². The normalized spacial score (nSPS) is 21.2. The van der Waals surface area contributed by atoms with Crippen LogP contribution in [0.3, 0.4) is 0 Å². The van der Waals surface area contributed by atoms with Crippen molar-refractivity contribution in [3.8, 4) is 0 Å². The summed E-state index contributed by atoms with van der Waals surface area (Å²) >= 11 is 5.96. The maximum absolute atomic E-state index is 5.96. The molecule has 3 nitrogen and oxygen atoms in total. The van der Waals surface area contributed by atoms with Crippen molar-refractivity contribution in [2.24, 2.45) is 5.92 Å². The third kappa shape index (κ3) is 2.14. The van der Waals surface area contributed by atoms with Crippen LogP contribution < -0.4 is 4.90 Å². The first-order chi connectivity index (χ1) is 7.59. The van der Waals surface area contributed by atoms with Gasteiger partial charge in [0.15, 0.2) is 11.0 Å². The molecule has 0 aliphatic carbocycles. The number of aromatic nitrogens is 2. The molecule has 4 heteroatoms. The van der Waals surface area contributed by atoms with Crippen LogP contribution in [0, 0.1) is 19.8 Å². The van der Waals surface area contributed by atoms with Crippen LogP contribution in [0.2, 0.25) is 5.15 Å².